The summed E-state index contributed by atoms with van der Waals surface area (Å²) in [5.74, 6) is 0. The highest BCUT2D eigenvalue weighted by Crippen LogP contribution is 2.21. The van der Waals surface area contributed by atoms with Gasteiger partial charge >= 0.3 is 0 Å². The molecule has 44 heavy (non-hydrogen) atoms. The number of nitrogens with zero attached hydrogens (tertiary/aromatic N) is 1. The molecule has 0 heterocycles. The molecule has 268 valence electrons. The van der Waals surface area contributed by atoms with Crippen LogP contribution in [0.25, 0.3) is 0 Å². The molecule has 0 fully saturated rings. The second kappa shape index (κ2) is 39.4. The Morgan fingerprint density at radius 1 is 0.205 bits per heavy atom. The Kier molecular flexibility index (Phi) is 41.6. The Balaban J connectivity index is 0. The Morgan fingerprint density at radius 2 is 0.341 bits per heavy atom. The average molecular weight is 643 g/mol. The number of quaternary nitrogens is 1. The van der Waals surface area contributed by atoms with Crippen molar-refractivity contribution in [2.24, 2.45) is 0 Å². The van der Waals surface area contributed by atoms with Crippen molar-refractivity contribution in [2.75, 3.05) is 26.2 Å². The standard InChI is InChI=1S/C42H88N.ClH/c1-5-9-13-17-19-21-23-25-27-29-33-37-41-43(39-35-31-15-11-7-3,40-36-32-16-12-8-4)42-38-34-30-28-26-24-22-20-18-14-10-6-2;/h5-42H2,1-4H3;1H/q+1;/p-1. The van der Waals surface area contributed by atoms with E-state index in [4.69, 9.17) is 0 Å². The van der Waals surface area contributed by atoms with E-state index in [0.717, 1.165) is 0 Å². The van der Waals surface area contributed by atoms with Crippen molar-refractivity contribution in [1.29, 1.82) is 0 Å². The van der Waals surface area contributed by atoms with Crippen LogP contribution >= 0.6 is 0 Å². The summed E-state index contributed by atoms with van der Waals surface area (Å²) >= 11 is 0. The maximum absolute atomic E-state index is 2.36. The van der Waals surface area contributed by atoms with E-state index >= 15 is 0 Å². The Bertz CT molecular complexity index is 448. The van der Waals surface area contributed by atoms with Crippen molar-refractivity contribution in [3.63, 3.8) is 0 Å². The molecule has 0 radical (unpaired) electrons. The molecule has 0 N–H and O–H groups in total. The normalized spacial score (nSPS) is 11.7. The van der Waals surface area contributed by atoms with Gasteiger partial charge in [-0.3, -0.25) is 0 Å². The van der Waals surface area contributed by atoms with Crippen LogP contribution in [0.5, 0.6) is 0 Å². The van der Waals surface area contributed by atoms with Gasteiger partial charge in [-0.2, -0.15) is 0 Å². The van der Waals surface area contributed by atoms with Crippen LogP contribution < -0.4 is 12.4 Å². The predicted molar refractivity (Wildman–Crippen MR) is 199 cm³/mol. The molecular formula is C42H88ClN. The zero-order valence-electron chi connectivity index (χ0n) is 31.7. The van der Waals surface area contributed by atoms with Gasteiger partial charge in [0.05, 0.1) is 26.2 Å². The van der Waals surface area contributed by atoms with E-state index in [1.807, 2.05) is 0 Å². The minimum atomic E-state index is 0. The highest BCUT2D eigenvalue weighted by atomic mass is 35.5. The number of hydrogen-bond acceptors (Lipinski definition) is 0. The lowest BCUT2D eigenvalue weighted by Gasteiger charge is -2.40. The topological polar surface area (TPSA) is 0 Å². The zero-order valence-corrected chi connectivity index (χ0v) is 32.5. The van der Waals surface area contributed by atoms with Gasteiger partial charge in [0.2, 0.25) is 0 Å². The second-order valence-corrected chi connectivity index (χ2v) is 14.8. The van der Waals surface area contributed by atoms with Gasteiger partial charge in [0.25, 0.3) is 0 Å². The molecule has 0 aromatic rings. The van der Waals surface area contributed by atoms with Crippen LogP contribution in [0.1, 0.15) is 246 Å². The van der Waals surface area contributed by atoms with Gasteiger partial charge in [0, 0.05) is 0 Å². The van der Waals surface area contributed by atoms with E-state index in [2.05, 4.69) is 27.7 Å². The lowest BCUT2D eigenvalue weighted by Crippen LogP contribution is -3.00. The number of halogens is 1. The first-order chi connectivity index (χ1) is 21.2. The van der Waals surface area contributed by atoms with E-state index in [-0.39, 0.29) is 12.4 Å². The Labute approximate surface area is 288 Å². The van der Waals surface area contributed by atoms with E-state index in [0.29, 0.717) is 0 Å². The van der Waals surface area contributed by atoms with Crippen molar-refractivity contribution >= 4 is 0 Å². The van der Waals surface area contributed by atoms with E-state index in [9.17, 15) is 0 Å². The third kappa shape index (κ3) is 33.6. The van der Waals surface area contributed by atoms with Crippen LogP contribution in [-0.4, -0.2) is 30.7 Å². The molecule has 0 bridgehead atoms. The molecule has 0 atom stereocenters. The third-order valence-corrected chi connectivity index (χ3v) is 10.4. The third-order valence-electron chi connectivity index (χ3n) is 10.4. The number of rotatable bonds is 38. The first-order valence-electron chi connectivity index (χ1n) is 21.1. The SMILES string of the molecule is CCCCCCCCCCCCCC[N+](CCCCCCC)(CCCCCCC)CCCCCCCCCCCCCC.[Cl-]. The Hall–Kier alpha value is 0.250. The minimum absolute atomic E-state index is 0. The van der Waals surface area contributed by atoms with Crippen molar-refractivity contribution in [2.45, 2.75) is 246 Å². The van der Waals surface area contributed by atoms with Crippen molar-refractivity contribution in [1.82, 2.24) is 0 Å². The van der Waals surface area contributed by atoms with Crippen LogP contribution in [0.3, 0.4) is 0 Å². The van der Waals surface area contributed by atoms with Crippen LogP contribution in [0.15, 0.2) is 0 Å². The molecular weight excluding hydrogens is 554 g/mol. The highest BCUT2D eigenvalue weighted by molar-refractivity contribution is 4.56. The van der Waals surface area contributed by atoms with Gasteiger partial charge in [-0.05, 0) is 51.4 Å². The molecule has 0 aliphatic carbocycles. The molecule has 0 rings (SSSR count). The lowest BCUT2D eigenvalue weighted by molar-refractivity contribution is -0.929. The molecule has 0 aromatic heterocycles. The van der Waals surface area contributed by atoms with Crippen LogP contribution in [0, 0.1) is 0 Å². The maximum Gasteiger partial charge on any atom is 0.0786 e. The highest BCUT2D eigenvalue weighted by Gasteiger charge is 2.25. The smallest absolute Gasteiger partial charge is 0.0786 e. The molecule has 0 amide bonds. The van der Waals surface area contributed by atoms with Gasteiger partial charge < -0.3 is 16.9 Å². The molecule has 1 nitrogen and oxygen atoms in total. The second-order valence-electron chi connectivity index (χ2n) is 14.8. The summed E-state index contributed by atoms with van der Waals surface area (Å²) in [6.07, 6.45) is 49.7. The summed E-state index contributed by atoms with van der Waals surface area (Å²) in [6, 6.07) is 0. The van der Waals surface area contributed by atoms with Crippen LogP contribution in [-0.2, 0) is 0 Å². The van der Waals surface area contributed by atoms with Crippen molar-refractivity contribution in [3.8, 4) is 0 Å². The summed E-state index contributed by atoms with van der Waals surface area (Å²) in [6.45, 7) is 15.3. The summed E-state index contributed by atoms with van der Waals surface area (Å²) in [5.41, 5.74) is 0. The molecule has 0 aliphatic rings. The molecule has 2 heteroatoms. The summed E-state index contributed by atoms with van der Waals surface area (Å²) in [7, 11) is 0. The number of hydrogen-bond donors (Lipinski definition) is 0. The zero-order chi connectivity index (χ0) is 31.4. The molecule has 0 saturated heterocycles. The first kappa shape index (κ1) is 46.4. The van der Waals surface area contributed by atoms with E-state index < -0.39 is 0 Å². The van der Waals surface area contributed by atoms with Gasteiger partial charge in [-0.25, -0.2) is 0 Å². The largest absolute Gasteiger partial charge is 1.00 e. The fourth-order valence-corrected chi connectivity index (χ4v) is 7.35. The fourth-order valence-electron chi connectivity index (χ4n) is 7.35. The quantitative estimate of drug-likeness (QED) is 0.0464. The molecule has 0 unspecified atom stereocenters. The van der Waals surface area contributed by atoms with Gasteiger partial charge in [0.15, 0.2) is 0 Å². The molecule has 0 aliphatic heterocycles. The maximum atomic E-state index is 2.36. The van der Waals surface area contributed by atoms with E-state index in [1.54, 1.807) is 0 Å². The van der Waals surface area contributed by atoms with Gasteiger partial charge in [-0.1, -0.05) is 195 Å². The van der Waals surface area contributed by atoms with Gasteiger partial charge in [-0.15, -0.1) is 0 Å². The summed E-state index contributed by atoms with van der Waals surface area (Å²) < 4.78 is 1.48. The minimum Gasteiger partial charge on any atom is -1.00 e. The predicted octanol–water partition coefficient (Wildman–Crippen LogP) is 12.2. The van der Waals surface area contributed by atoms with Crippen molar-refractivity contribution < 1.29 is 16.9 Å². The van der Waals surface area contributed by atoms with Crippen LogP contribution in [0.4, 0.5) is 0 Å². The van der Waals surface area contributed by atoms with Crippen LogP contribution in [0.2, 0.25) is 0 Å². The fraction of sp³-hybridized carbons (Fsp3) is 1.00. The monoisotopic (exact) mass is 642 g/mol. The van der Waals surface area contributed by atoms with E-state index in [1.165, 1.54) is 249 Å². The summed E-state index contributed by atoms with van der Waals surface area (Å²) in [4.78, 5) is 0. The number of unbranched alkanes of at least 4 members (excludes halogenated alkanes) is 30. The van der Waals surface area contributed by atoms with Gasteiger partial charge in [0.1, 0.15) is 0 Å². The lowest BCUT2D eigenvalue weighted by atomic mass is 10.0. The first-order valence-corrected chi connectivity index (χ1v) is 21.1. The average Bonchev–Trinajstić information content (AvgIpc) is 3.02. The molecule has 0 spiro atoms. The Morgan fingerprint density at radius 3 is 0.500 bits per heavy atom. The summed E-state index contributed by atoms with van der Waals surface area (Å²) in [5, 5.41) is 0. The molecule has 0 aromatic carbocycles. The van der Waals surface area contributed by atoms with Crippen molar-refractivity contribution in [3.05, 3.63) is 0 Å². The molecule has 0 saturated carbocycles.